The first-order valence-electron chi connectivity index (χ1n) is 5.59. The van der Waals surface area contributed by atoms with Gasteiger partial charge in [0.2, 0.25) is 0 Å². The minimum Gasteiger partial charge on any atom is -0.507 e. The summed E-state index contributed by atoms with van der Waals surface area (Å²) in [7, 11) is 0. The highest BCUT2D eigenvalue weighted by Crippen LogP contribution is 2.34. The SMILES string of the molecule is O=Cc1ccc(C2CCCCC2)cc1O. The van der Waals surface area contributed by atoms with Gasteiger partial charge >= 0.3 is 0 Å². The third-order valence-corrected chi connectivity index (χ3v) is 3.26. The van der Waals surface area contributed by atoms with Gasteiger partial charge in [-0.3, -0.25) is 4.79 Å². The minimum atomic E-state index is 0.119. The van der Waals surface area contributed by atoms with E-state index in [9.17, 15) is 9.90 Å². The van der Waals surface area contributed by atoms with Crippen LogP contribution in [0.15, 0.2) is 18.2 Å². The Morgan fingerprint density at radius 3 is 2.53 bits per heavy atom. The summed E-state index contributed by atoms with van der Waals surface area (Å²) in [6.07, 6.45) is 7.00. The summed E-state index contributed by atoms with van der Waals surface area (Å²) in [6, 6.07) is 5.44. The van der Waals surface area contributed by atoms with E-state index in [4.69, 9.17) is 0 Å². The van der Waals surface area contributed by atoms with Crippen LogP contribution in [-0.4, -0.2) is 11.4 Å². The lowest BCUT2D eigenvalue weighted by Gasteiger charge is -2.22. The summed E-state index contributed by atoms with van der Waals surface area (Å²) >= 11 is 0. The quantitative estimate of drug-likeness (QED) is 0.751. The fraction of sp³-hybridized carbons (Fsp3) is 0.462. The Kier molecular flexibility index (Phi) is 3.05. The van der Waals surface area contributed by atoms with Crippen LogP contribution in [0, 0.1) is 0 Å². The Hall–Kier alpha value is -1.31. The van der Waals surface area contributed by atoms with Crippen LogP contribution in [-0.2, 0) is 0 Å². The van der Waals surface area contributed by atoms with Gasteiger partial charge in [0.1, 0.15) is 5.75 Å². The Labute approximate surface area is 89.9 Å². The molecule has 2 nitrogen and oxygen atoms in total. The van der Waals surface area contributed by atoms with Gasteiger partial charge in [0, 0.05) is 0 Å². The zero-order valence-electron chi connectivity index (χ0n) is 8.78. The van der Waals surface area contributed by atoms with E-state index in [-0.39, 0.29) is 5.75 Å². The highest BCUT2D eigenvalue weighted by Gasteiger charge is 2.16. The molecule has 2 rings (SSSR count). The fourth-order valence-electron chi connectivity index (χ4n) is 2.35. The second-order valence-electron chi connectivity index (χ2n) is 4.27. The molecule has 0 unspecified atom stereocenters. The van der Waals surface area contributed by atoms with Crippen LogP contribution in [0.2, 0.25) is 0 Å². The van der Waals surface area contributed by atoms with Crippen molar-refractivity contribution >= 4 is 6.29 Å². The van der Waals surface area contributed by atoms with Gasteiger partial charge < -0.3 is 5.11 Å². The smallest absolute Gasteiger partial charge is 0.153 e. The summed E-state index contributed by atoms with van der Waals surface area (Å²) in [4.78, 5) is 10.6. The molecule has 2 heteroatoms. The zero-order chi connectivity index (χ0) is 10.7. The van der Waals surface area contributed by atoms with E-state index in [0.717, 1.165) is 0 Å². The number of phenolic OH excluding ortho intramolecular Hbond substituents is 1. The highest BCUT2D eigenvalue weighted by molar-refractivity contribution is 5.79. The monoisotopic (exact) mass is 204 g/mol. The number of aromatic hydroxyl groups is 1. The molecule has 15 heavy (non-hydrogen) atoms. The molecule has 0 saturated heterocycles. The molecule has 1 aromatic carbocycles. The van der Waals surface area contributed by atoms with Crippen LogP contribution in [0.25, 0.3) is 0 Å². The third-order valence-electron chi connectivity index (χ3n) is 3.26. The van der Waals surface area contributed by atoms with Crippen molar-refractivity contribution in [3.63, 3.8) is 0 Å². The molecular formula is C13H16O2. The lowest BCUT2D eigenvalue weighted by atomic mass is 9.84. The van der Waals surface area contributed by atoms with Crippen LogP contribution >= 0.6 is 0 Å². The topological polar surface area (TPSA) is 37.3 Å². The second-order valence-corrected chi connectivity index (χ2v) is 4.27. The van der Waals surface area contributed by atoms with Crippen molar-refractivity contribution in [3.8, 4) is 5.75 Å². The molecule has 0 amide bonds. The Morgan fingerprint density at radius 1 is 1.20 bits per heavy atom. The predicted octanol–water partition coefficient (Wildman–Crippen LogP) is 3.25. The van der Waals surface area contributed by atoms with Crippen molar-refractivity contribution in [2.45, 2.75) is 38.0 Å². The van der Waals surface area contributed by atoms with E-state index in [1.54, 1.807) is 12.1 Å². The molecule has 0 radical (unpaired) electrons. The van der Waals surface area contributed by atoms with Crippen LogP contribution < -0.4 is 0 Å². The zero-order valence-corrected chi connectivity index (χ0v) is 8.78. The third kappa shape index (κ3) is 2.20. The maximum absolute atomic E-state index is 10.6. The number of hydrogen-bond acceptors (Lipinski definition) is 2. The molecular weight excluding hydrogens is 188 g/mol. The van der Waals surface area contributed by atoms with Crippen LogP contribution in [0.5, 0.6) is 5.75 Å². The molecule has 1 aliphatic carbocycles. The van der Waals surface area contributed by atoms with E-state index in [0.29, 0.717) is 17.8 Å². The molecule has 0 atom stereocenters. The second kappa shape index (κ2) is 4.47. The van der Waals surface area contributed by atoms with E-state index >= 15 is 0 Å². The summed E-state index contributed by atoms with van der Waals surface area (Å²) in [6.45, 7) is 0. The minimum absolute atomic E-state index is 0.119. The van der Waals surface area contributed by atoms with Crippen LogP contribution in [0.4, 0.5) is 0 Å². The number of aldehydes is 1. The van der Waals surface area contributed by atoms with Gasteiger partial charge in [-0.25, -0.2) is 0 Å². The first kappa shape index (κ1) is 10.2. The molecule has 0 spiro atoms. The Balaban J connectivity index is 2.21. The fourth-order valence-corrected chi connectivity index (χ4v) is 2.35. The summed E-state index contributed by atoms with van der Waals surface area (Å²) in [5.74, 6) is 0.693. The first-order chi connectivity index (χ1) is 7.31. The number of carbonyl (C=O) groups excluding carboxylic acids is 1. The Bertz CT molecular complexity index is 352. The maximum atomic E-state index is 10.6. The number of benzene rings is 1. The van der Waals surface area contributed by atoms with Crippen molar-refractivity contribution in [2.24, 2.45) is 0 Å². The van der Waals surface area contributed by atoms with E-state index in [1.165, 1.54) is 37.7 Å². The molecule has 0 aliphatic heterocycles. The normalized spacial score (nSPS) is 17.6. The largest absolute Gasteiger partial charge is 0.507 e. The van der Waals surface area contributed by atoms with Gasteiger partial charge in [0.05, 0.1) is 5.56 Å². The van der Waals surface area contributed by atoms with E-state index in [2.05, 4.69) is 0 Å². The number of phenols is 1. The predicted molar refractivity (Wildman–Crippen MR) is 59.3 cm³/mol. The molecule has 0 bridgehead atoms. The van der Waals surface area contributed by atoms with Crippen molar-refractivity contribution < 1.29 is 9.90 Å². The average Bonchev–Trinajstić information content (AvgIpc) is 2.30. The molecule has 1 N–H and O–H groups in total. The molecule has 1 saturated carbocycles. The standard InChI is InChI=1S/C13H16O2/c14-9-12-7-6-11(8-13(12)15)10-4-2-1-3-5-10/h6-10,15H,1-5H2. The molecule has 0 heterocycles. The summed E-state index contributed by atoms with van der Waals surface area (Å²) in [5.41, 5.74) is 1.56. The van der Waals surface area contributed by atoms with Gasteiger partial charge in [-0.1, -0.05) is 25.3 Å². The van der Waals surface area contributed by atoms with Crippen LogP contribution in [0.1, 0.15) is 53.9 Å². The van der Waals surface area contributed by atoms with Gasteiger partial charge in [0.25, 0.3) is 0 Å². The molecule has 1 aliphatic rings. The summed E-state index contributed by atoms with van der Waals surface area (Å²) in [5, 5.41) is 9.59. The van der Waals surface area contributed by atoms with Crippen molar-refractivity contribution in [3.05, 3.63) is 29.3 Å². The molecule has 1 fully saturated rings. The van der Waals surface area contributed by atoms with Crippen LogP contribution in [0.3, 0.4) is 0 Å². The Morgan fingerprint density at radius 2 is 1.93 bits per heavy atom. The van der Waals surface area contributed by atoms with E-state index < -0.39 is 0 Å². The lowest BCUT2D eigenvalue weighted by molar-refractivity contribution is 0.112. The van der Waals surface area contributed by atoms with Crippen molar-refractivity contribution in [2.75, 3.05) is 0 Å². The molecule has 80 valence electrons. The number of hydrogen-bond donors (Lipinski definition) is 1. The number of carbonyl (C=O) groups is 1. The number of rotatable bonds is 2. The maximum Gasteiger partial charge on any atom is 0.153 e. The van der Waals surface area contributed by atoms with Gasteiger partial charge in [-0.2, -0.15) is 0 Å². The highest BCUT2D eigenvalue weighted by atomic mass is 16.3. The van der Waals surface area contributed by atoms with E-state index in [1.807, 2.05) is 6.07 Å². The first-order valence-corrected chi connectivity index (χ1v) is 5.59. The van der Waals surface area contributed by atoms with Gasteiger partial charge in [0.15, 0.2) is 6.29 Å². The lowest BCUT2D eigenvalue weighted by Crippen LogP contribution is -2.04. The average molecular weight is 204 g/mol. The van der Waals surface area contributed by atoms with Crippen molar-refractivity contribution in [1.82, 2.24) is 0 Å². The van der Waals surface area contributed by atoms with Gasteiger partial charge in [-0.15, -0.1) is 0 Å². The molecule has 1 aromatic rings. The summed E-state index contributed by atoms with van der Waals surface area (Å²) < 4.78 is 0. The van der Waals surface area contributed by atoms with Crippen molar-refractivity contribution in [1.29, 1.82) is 0 Å². The van der Waals surface area contributed by atoms with Gasteiger partial charge in [-0.05, 0) is 36.5 Å². The molecule has 0 aromatic heterocycles.